The molecule has 1 aliphatic heterocycles. The lowest BCUT2D eigenvalue weighted by Gasteiger charge is -2.21. The zero-order valence-electron chi connectivity index (χ0n) is 15.6. The van der Waals surface area contributed by atoms with Crippen LogP contribution in [0.2, 0.25) is 0 Å². The minimum absolute atomic E-state index is 0.148. The maximum absolute atomic E-state index is 12.7. The van der Waals surface area contributed by atoms with E-state index in [1.54, 1.807) is 4.90 Å². The molecule has 0 radical (unpaired) electrons. The molecule has 1 saturated heterocycles. The van der Waals surface area contributed by atoms with Crippen LogP contribution in [0.3, 0.4) is 0 Å². The third-order valence-corrected chi connectivity index (χ3v) is 5.40. The molecule has 27 heavy (non-hydrogen) atoms. The van der Waals surface area contributed by atoms with Gasteiger partial charge >= 0.3 is 0 Å². The molecule has 3 rings (SSSR count). The van der Waals surface area contributed by atoms with Crippen molar-refractivity contribution in [3.8, 4) is 0 Å². The molecule has 0 bridgehead atoms. The fourth-order valence-electron chi connectivity index (χ4n) is 3.40. The average molecular weight is 430 g/mol. The highest BCUT2D eigenvalue weighted by molar-refractivity contribution is 9.10. The maximum atomic E-state index is 12.7. The summed E-state index contributed by atoms with van der Waals surface area (Å²) in [5.41, 5.74) is 2.65. The lowest BCUT2D eigenvalue weighted by molar-refractivity contribution is -0.129. The number of benzene rings is 2. The molecule has 142 valence electrons. The van der Waals surface area contributed by atoms with Crippen LogP contribution in [-0.4, -0.2) is 31.4 Å². The molecule has 1 heterocycles. The lowest BCUT2D eigenvalue weighted by Crippen LogP contribution is -2.33. The Balaban J connectivity index is 1.65. The fraction of sp³-hybridized carbons (Fsp3) is 0.333. The van der Waals surface area contributed by atoms with Crippen molar-refractivity contribution in [1.29, 1.82) is 0 Å². The Morgan fingerprint density at radius 2 is 1.89 bits per heavy atom. The van der Waals surface area contributed by atoms with Crippen LogP contribution in [0.15, 0.2) is 53.0 Å². The summed E-state index contributed by atoms with van der Waals surface area (Å²) in [6.45, 7) is 6.65. The van der Waals surface area contributed by atoms with E-state index in [2.05, 4.69) is 40.0 Å². The minimum atomic E-state index is -0.647. The molecule has 5 nitrogen and oxygen atoms in total. The van der Waals surface area contributed by atoms with Crippen molar-refractivity contribution >= 4 is 44.8 Å². The molecule has 1 unspecified atom stereocenters. The molecule has 1 N–H and O–H groups in total. The van der Waals surface area contributed by atoms with Crippen molar-refractivity contribution in [1.82, 2.24) is 0 Å². The highest BCUT2D eigenvalue weighted by Gasteiger charge is 2.37. The van der Waals surface area contributed by atoms with Crippen molar-refractivity contribution in [2.75, 3.05) is 34.8 Å². The Morgan fingerprint density at radius 1 is 1.19 bits per heavy atom. The number of amides is 2. The molecule has 1 atom stereocenters. The van der Waals surface area contributed by atoms with Gasteiger partial charge in [0.15, 0.2) is 0 Å². The largest absolute Gasteiger partial charge is 0.372 e. The molecular weight excluding hydrogens is 406 g/mol. The number of carbonyl (C=O) groups excluding carboxylic acids is 2. The van der Waals surface area contributed by atoms with Crippen molar-refractivity contribution < 1.29 is 9.59 Å². The summed E-state index contributed by atoms with van der Waals surface area (Å²) in [5.74, 6) is -1.04. The predicted molar refractivity (Wildman–Crippen MR) is 113 cm³/mol. The van der Waals surface area contributed by atoms with Gasteiger partial charge in [0.2, 0.25) is 11.8 Å². The molecule has 2 aromatic rings. The summed E-state index contributed by atoms with van der Waals surface area (Å²) < 4.78 is 0.911. The molecule has 0 aromatic heterocycles. The van der Waals surface area contributed by atoms with Crippen LogP contribution in [0, 0.1) is 5.92 Å². The SMILES string of the molecule is CCN(CC)c1ccc(NC(=O)C2CCN(c3cccc(Br)c3)C2=O)cc1. The van der Waals surface area contributed by atoms with E-state index < -0.39 is 5.92 Å². The molecule has 0 saturated carbocycles. The van der Waals surface area contributed by atoms with Crippen LogP contribution in [0.25, 0.3) is 0 Å². The van der Waals surface area contributed by atoms with Crippen LogP contribution in [0.4, 0.5) is 17.1 Å². The van der Waals surface area contributed by atoms with E-state index in [1.165, 1.54) is 0 Å². The van der Waals surface area contributed by atoms with E-state index >= 15 is 0 Å². The third kappa shape index (κ3) is 4.33. The van der Waals surface area contributed by atoms with Crippen LogP contribution in [0.5, 0.6) is 0 Å². The highest BCUT2D eigenvalue weighted by atomic mass is 79.9. The lowest BCUT2D eigenvalue weighted by atomic mass is 10.1. The smallest absolute Gasteiger partial charge is 0.239 e. The zero-order chi connectivity index (χ0) is 19.4. The number of rotatable bonds is 6. The van der Waals surface area contributed by atoms with Crippen molar-refractivity contribution in [2.45, 2.75) is 20.3 Å². The number of nitrogens with zero attached hydrogens (tertiary/aromatic N) is 2. The first kappa shape index (κ1) is 19.4. The highest BCUT2D eigenvalue weighted by Crippen LogP contribution is 2.28. The van der Waals surface area contributed by atoms with Gasteiger partial charge in [-0.25, -0.2) is 0 Å². The quantitative estimate of drug-likeness (QED) is 0.696. The summed E-state index contributed by atoms with van der Waals surface area (Å²) in [5, 5.41) is 2.89. The first-order valence-corrected chi connectivity index (χ1v) is 10.1. The average Bonchev–Trinajstić information content (AvgIpc) is 3.05. The second kappa shape index (κ2) is 8.57. The van der Waals surface area contributed by atoms with Crippen molar-refractivity contribution in [3.05, 3.63) is 53.0 Å². The van der Waals surface area contributed by atoms with Crippen LogP contribution < -0.4 is 15.1 Å². The molecular formula is C21H24BrN3O2. The zero-order valence-corrected chi connectivity index (χ0v) is 17.2. The number of carbonyl (C=O) groups is 2. The van der Waals surface area contributed by atoms with E-state index in [1.807, 2.05) is 48.5 Å². The summed E-state index contributed by atoms with van der Waals surface area (Å²) in [6.07, 6.45) is 0.523. The third-order valence-electron chi connectivity index (χ3n) is 4.91. The molecule has 0 spiro atoms. The van der Waals surface area contributed by atoms with Crippen LogP contribution in [0.1, 0.15) is 20.3 Å². The molecule has 1 aliphatic rings. The van der Waals surface area contributed by atoms with E-state index in [9.17, 15) is 9.59 Å². The Morgan fingerprint density at radius 3 is 2.52 bits per heavy atom. The van der Waals surface area contributed by atoms with Gasteiger partial charge in [0, 0.05) is 41.2 Å². The van der Waals surface area contributed by atoms with Crippen LogP contribution in [-0.2, 0) is 9.59 Å². The van der Waals surface area contributed by atoms with Gasteiger partial charge in [0.25, 0.3) is 0 Å². The second-order valence-corrected chi connectivity index (χ2v) is 7.44. The monoisotopic (exact) mass is 429 g/mol. The number of anilines is 3. The first-order valence-electron chi connectivity index (χ1n) is 9.26. The van der Waals surface area contributed by atoms with Gasteiger partial charge in [-0.1, -0.05) is 22.0 Å². The Labute approximate surface area is 168 Å². The number of halogens is 1. The predicted octanol–water partition coefficient (Wildman–Crippen LogP) is 4.29. The molecule has 2 aromatic carbocycles. The number of nitrogens with one attached hydrogen (secondary N) is 1. The topological polar surface area (TPSA) is 52.7 Å². The summed E-state index contributed by atoms with van der Waals surface area (Å²) >= 11 is 3.42. The van der Waals surface area contributed by atoms with Gasteiger partial charge in [0.05, 0.1) is 0 Å². The Bertz CT molecular complexity index is 818. The van der Waals surface area contributed by atoms with Gasteiger partial charge in [-0.15, -0.1) is 0 Å². The van der Waals surface area contributed by atoms with E-state index in [-0.39, 0.29) is 11.8 Å². The summed E-state index contributed by atoms with van der Waals surface area (Å²) in [7, 11) is 0. The molecule has 0 aliphatic carbocycles. The Kier molecular flexibility index (Phi) is 6.16. The van der Waals surface area contributed by atoms with Gasteiger partial charge in [-0.2, -0.15) is 0 Å². The first-order chi connectivity index (χ1) is 13.0. The second-order valence-electron chi connectivity index (χ2n) is 6.52. The normalized spacial score (nSPS) is 16.5. The summed E-state index contributed by atoms with van der Waals surface area (Å²) in [6, 6.07) is 15.3. The molecule has 1 fully saturated rings. The number of hydrogen-bond donors (Lipinski definition) is 1. The van der Waals surface area contributed by atoms with Crippen LogP contribution >= 0.6 is 15.9 Å². The number of hydrogen-bond acceptors (Lipinski definition) is 3. The van der Waals surface area contributed by atoms with Gasteiger partial charge in [-0.05, 0) is 62.7 Å². The van der Waals surface area contributed by atoms with Gasteiger partial charge in [0.1, 0.15) is 5.92 Å². The molecule has 6 heteroatoms. The van der Waals surface area contributed by atoms with E-state index in [0.29, 0.717) is 18.7 Å². The van der Waals surface area contributed by atoms with E-state index in [0.717, 1.165) is 28.9 Å². The van der Waals surface area contributed by atoms with Crippen molar-refractivity contribution in [3.63, 3.8) is 0 Å². The molecule has 2 amide bonds. The standard InChI is InChI=1S/C21H24BrN3O2/c1-3-24(4-2)17-10-8-16(9-11-17)23-20(26)19-12-13-25(21(19)27)18-7-5-6-15(22)14-18/h5-11,14,19H,3-4,12-13H2,1-2H3,(H,23,26). The van der Waals surface area contributed by atoms with Gasteiger partial charge in [-0.3, -0.25) is 9.59 Å². The minimum Gasteiger partial charge on any atom is -0.372 e. The summed E-state index contributed by atoms with van der Waals surface area (Å²) in [4.78, 5) is 29.3. The maximum Gasteiger partial charge on any atom is 0.239 e. The van der Waals surface area contributed by atoms with Crippen molar-refractivity contribution in [2.24, 2.45) is 5.92 Å². The fourth-order valence-corrected chi connectivity index (χ4v) is 3.78. The van der Waals surface area contributed by atoms with E-state index in [4.69, 9.17) is 0 Å². The Hall–Kier alpha value is -2.34. The van der Waals surface area contributed by atoms with Gasteiger partial charge < -0.3 is 15.1 Å².